The minimum absolute atomic E-state index is 0.203. The van der Waals surface area contributed by atoms with Gasteiger partial charge >= 0.3 is 11.9 Å². The molecular formula is C46H68N4O6. The first kappa shape index (κ1) is 41.1. The molecule has 7 rings (SSSR count). The van der Waals surface area contributed by atoms with E-state index in [1.807, 2.05) is 16.8 Å². The summed E-state index contributed by atoms with van der Waals surface area (Å²) in [5, 5.41) is 25.7. The van der Waals surface area contributed by atoms with Crippen LogP contribution in [0.2, 0.25) is 0 Å². The number of hydrogen-bond donors (Lipinski definition) is 3. The van der Waals surface area contributed by atoms with Gasteiger partial charge in [0.1, 0.15) is 6.33 Å². The van der Waals surface area contributed by atoms with Crippen molar-refractivity contribution in [1.29, 1.82) is 0 Å². The molecule has 5 aliphatic rings. The maximum Gasteiger partial charge on any atom is 0.335 e. The van der Waals surface area contributed by atoms with Gasteiger partial charge in [0.2, 0.25) is 0 Å². The molecular weight excluding hydrogens is 705 g/mol. The quantitative estimate of drug-likeness (QED) is 0.212. The number of hydrogen-bond acceptors (Lipinski definition) is 7. The number of nitrogens with two attached hydrogens (primary N) is 1. The lowest BCUT2D eigenvalue weighted by Gasteiger charge is -2.71. The summed E-state index contributed by atoms with van der Waals surface area (Å²) in [7, 11) is 0. The SMILES string of the molecule is CC(C)[C@@H](C)[C@@]1(C)CC[C@]2(C)[C@H]3CC[C@@H]4[C@@]5(COC[C@@]4(C)[C@@H](OC[C@](C)(N)C(C)(C)C)[C@H](n4ncnc4-c4ccc(C(=O)O)cc4)C5)C3=CC[C@@]2(C)[C@@H]1C(=O)O. The zero-order valence-electron chi connectivity index (χ0n) is 35.8. The first-order chi connectivity index (χ1) is 26.0. The van der Waals surface area contributed by atoms with E-state index in [1.54, 1.807) is 18.5 Å². The van der Waals surface area contributed by atoms with Gasteiger partial charge in [0.25, 0.3) is 0 Å². The van der Waals surface area contributed by atoms with Crippen molar-refractivity contribution in [3.05, 3.63) is 47.8 Å². The Hall–Kier alpha value is -3.08. The number of nitrogens with zero attached hydrogens (tertiary/aromatic N) is 3. The Morgan fingerprint density at radius 3 is 2.29 bits per heavy atom. The zero-order chi connectivity index (χ0) is 41.0. The molecule has 0 radical (unpaired) electrons. The number of fused-ring (bicyclic) bond motifs is 3. The number of carboxylic acids is 2. The van der Waals surface area contributed by atoms with Crippen LogP contribution < -0.4 is 5.73 Å². The van der Waals surface area contributed by atoms with E-state index in [0.29, 0.717) is 31.6 Å². The van der Waals surface area contributed by atoms with Gasteiger partial charge in [0, 0.05) is 21.9 Å². The molecule has 10 heteroatoms. The molecule has 1 saturated heterocycles. The van der Waals surface area contributed by atoms with Crippen molar-refractivity contribution in [2.45, 2.75) is 132 Å². The van der Waals surface area contributed by atoms with Gasteiger partial charge in [-0.25, -0.2) is 14.5 Å². The van der Waals surface area contributed by atoms with Gasteiger partial charge in [-0.1, -0.05) is 93.0 Å². The maximum absolute atomic E-state index is 13.6. The van der Waals surface area contributed by atoms with Crippen molar-refractivity contribution in [2.24, 2.45) is 67.8 Å². The summed E-state index contributed by atoms with van der Waals surface area (Å²) in [6, 6.07) is 6.63. The summed E-state index contributed by atoms with van der Waals surface area (Å²) in [6.45, 7) is 26.1. The summed E-state index contributed by atoms with van der Waals surface area (Å²) < 4.78 is 16.0. The van der Waals surface area contributed by atoms with E-state index in [9.17, 15) is 19.8 Å². The number of carboxylic acid groups (broad SMARTS) is 2. The Labute approximate surface area is 334 Å². The number of allylic oxidation sites excluding steroid dienone is 1. The van der Waals surface area contributed by atoms with Crippen molar-refractivity contribution in [1.82, 2.24) is 14.8 Å². The summed E-state index contributed by atoms with van der Waals surface area (Å²) >= 11 is 0. The number of aromatic carboxylic acids is 1. The number of rotatable bonds is 9. The first-order valence-corrected chi connectivity index (χ1v) is 21.1. The maximum atomic E-state index is 13.6. The molecule has 1 aliphatic heterocycles. The topological polar surface area (TPSA) is 150 Å². The van der Waals surface area contributed by atoms with Crippen LogP contribution in [-0.2, 0) is 14.3 Å². The number of ether oxygens (including phenoxy) is 2. The van der Waals surface area contributed by atoms with Gasteiger partial charge < -0.3 is 25.4 Å². The molecule has 0 spiro atoms. The van der Waals surface area contributed by atoms with Crippen LogP contribution in [0.3, 0.4) is 0 Å². The third kappa shape index (κ3) is 5.80. The third-order valence-corrected chi connectivity index (χ3v) is 17.6. The van der Waals surface area contributed by atoms with Gasteiger partial charge in [-0.05, 0) is 103 Å². The number of aliphatic carboxylic acids is 1. The van der Waals surface area contributed by atoms with Crippen molar-refractivity contribution in [3.63, 3.8) is 0 Å². The minimum Gasteiger partial charge on any atom is -0.481 e. The Morgan fingerprint density at radius 1 is 1.00 bits per heavy atom. The number of carbonyl (C=O) groups is 2. The van der Waals surface area contributed by atoms with Gasteiger partial charge in [-0.3, -0.25) is 4.79 Å². The highest BCUT2D eigenvalue weighted by Gasteiger charge is 2.72. The van der Waals surface area contributed by atoms with Crippen LogP contribution in [0.15, 0.2) is 42.2 Å². The Balaban J connectivity index is 1.35. The molecule has 4 fully saturated rings. The lowest BCUT2D eigenvalue weighted by molar-refractivity contribution is -0.253. The number of aromatic nitrogens is 3. The monoisotopic (exact) mass is 773 g/mol. The van der Waals surface area contributed by atoms with Crippen molar-refractivity contribution in [3.8, 4) is 11.4 Å². The standard InChI is InChI=1S/C46H68N4O6/c1-27(2)28(3)41(7)20-21-43(9)31-16-17-34-42(8)23-55-25-46(34,32(31)18-19-44(43,10)35(41)39(53)54)22-33(36(42)56-24-45(11,47)40(4,5)6)50-37(48-26-49-50)29-12-14-30(15-13-29)38(51)52/h12-15,18,26-28,31,33-36H,16-17,19-25,47H2,1-11H3,(H,51,52)(H,53,54)/t28-,31+,33-,34+,35-,36+,41-,42-,43-,44+,45+,46+/m1/s1. The van der Waals surface area contributed by atoms with E-state index in [0.717, 1.165) is 44.1 Å². The average molecular weight is 773 g/mol. The highest BCUT2D eigenvalue weighted by atomic mass is 16.5. The fraction of sp³-hybridized carbons (Fsp3) is 0.739. The lowest BCUT2D eigenvalue weighted by atomic mass is 9.34. The summed E-state index contributed by atoms with van der Waals surface area (Å²) in [5.74, 6) is -0.230. The molecule has 2 aromatic rings. The van der Waals surface area contributed by atoms with Crippen LogP contribution in [0.25, 0.3) is 11.4 Å². The average Bonchev–Trinajstić information content (AvgIpc) is 3.60. The van der Waals surface area contributed by atoms with Crippen LogP contribution in [0.4, 0.5) is 0 Å². The van der Waals surface area contributed by atoms with Crippen LogP contribution in [-0.4, -0.2) is 68.4 Å². The van der Waals surface area contributed by atoms with E-state index in [4.69, 9.17) is 25.3 Å². The fourth-order valence-electron chi connectivity index (χ4n) is 13.1. The van der Waals surface area contributed by atoms with E-state index < -0.39 is 28.8 Å². The van der Waals surface area contributed by atoms with E-state index in [2.05, 4.69) is 82.2 Å². The minimum atomic E-state index is -0.975. The van der Waals surface area contributed by atoms with Crippen LogP contribution in [0, 0.1) is 62.1 Å². The van der Waals surface area contributed by atoms with E-state index >= 15 is 0 Å². The fourth-order valence-corrected chi connectivity index (χ4v) is 13.1. The second-order valence-electron chi connectivity index (χ2n) is 21.4. The highest BCUT2D eigenvalue weighted by molar-refractivity contribution is 5.88. The van der Waals surface area contributed by atoms with E-state index in [1.165, 1.54) is 5.57 Å². The van der Waals surface area contributed by atoms with Gasteiger partial charge in [0.15, 0.2) is 5.82 Å². The van der Waals surface area contributed by atoms with Gasteiger partial charge in [0.05, 0.1) is 43.4 Å². The lowest BCUT2D eigenvalue weighted by Crippen LogP contribution is -2.69. The number of benzene rings is 1. The first-order valence-electron chi connectivity index (χ1n) is 21.1. The molecule has 56 heavy (non-hydrogen) atoms. The molecule has 0 unspecified atom stereocenters. The molecule has 2 heterocycles. The van der Waals surface area contributed by atoms with Crippen molar-refractivity contribution >= 4 is 11.9 Å². The van der Waals surface area contributed by atoms with Crippen LogP contribution in [0.5, 0.6) is 0 Å². The molecule has 4 N–H and O–H groups in total. The molecule has 0 amide bonds. The smallest absolute Gasteiger partial charge is 0.335 e. The summed E-state index contributed by atoms with van der Waals surface area (Å²) in [5.41, 5.74) is 7.04. The molecule has 10 nitrogen and oxygen atoms in total. The van der Waals surface area contributed by atoms with Gasteiger partial charge in [-0.15, -0.1) is 0 Å². The molecule has 2 bridgehead atoms. The predicted octanol–water partition coefficient (Wildman–Crippen LogP) is 8.92. The summed E-state index contributed by atoms with van der Waals surface area (Å²) in [4.78, 5) is 30.1. The van der Waals surface area contributed by atoms with Crippen molar-refractivity contribution < 1.29 is 29.3 Å². The normalized spacial score (nSPS) is 39.7. The van der Waals surface area contributed by atoms with E-state index in [-0.39, 0.29) is 62.5 Å². The molecule has 1 aromatic carbocycles. The Morgan fingerprint density at radius 2 is 1.68 bits per heavy atom. The third-order valence-electron chi connectivity index (χ3n) is 17.6. The molecule has 3 saturated carbocycles. The highest BCUT2D eigenvalue weighted by Crippen LogP contribution is 2.75. The zero-order valence-corrected chi connectivity index (χ0v) is 35.8. The van der Waals surface area contributed by atoms with Crippen molar-refractivity contribution in [2.75, 3.05) is 19.8 Å². The van der Waals surface area contributed by atoms with Crippen LogP contribution >= 0.6 is 0 Å². The molecule has 4 aliphatic carbocycles. The van der Waals surface area contributed by atoms with Crippen LogP contribution in [0.1, 0.15) is 131 Å². The predicted molar refractivity (Wildman–Crippen MR) is 217 cm³/mol. The Bertz CT molecular complexity index is 1880. The van der Waals surface area contributed by atoms with Gasteiger partial charge in [-0.2, -0.15) is 5.10 Å². The molecule has 1 aromatic heterocycles. The largest absolute Gasteiger partial charge is 0.481 e. The Kier molecular flexibility index (Phi) is 9.89. The molecule has 12 atom stereocenters. The molecule has 308 valence electrons. The summed E-state index contributed by atoms with van der Waals surface area (Å²) in [6.07, 6.45) is 9.17. The second kappa shape index (κ2) is 13.5. The second-order valence-corrected chi connectivity index (χ2v) is 21.4.